The summed E-state index contributed by atoms with van der Waals surface area (Å²) in [6.07, 6.45) is 14.3. The van der Waals surface area contributed by atoms with Crippen molar-refractivity contribution in [3.63, 3.8) is 0 Å². The molecule has 0 unspecified atom stereocenters. The molecule has 0 saturated heterocycles. The number of unbranched alkanes of at least 4 members (excludes halogenated alkanes) is 8. The molecule has 0 aliphatic rings. The minimum atomic E-state index is -0.262. The number of halogens is 1. The quantitative estimate of drug-likeness (QED) is 0.102. The molecule has 0 atom stereocenters. The van der Waals surface area contributed by atoms with Crippen LogP contribution < -0.4 is 0 Å². The van der Waals surface area contributed by atoms with Crippen molar-refractivity contribution in [2.24, 2.45) is 0 Å². The van der Waals surface area contributed by atoms with Crippen molar-refractivity contribution in [1.29, 1.82) is 0 Å². The predicted molar refractivity (Wildman–Crippen MR) is 155 cm³/mol. The highest BCUT2D eigenvalue weighted by Gasteiger charge is 2.14. The first-order chi connectivity index (χ1) is 17.6. The molecule has 0 N–H and O–H groups in total. The maximum absolute atomic E-state index is 15.3. The van der Waals surface area contributed by atoms with Crippen LogP contribution in [0.3, 0.4) is 0 Å². The molecule has 0 amide bonds. The lowest BCUT2D eigenvalue weighted by atomic mass is 9.97. The number of fused-ring (bicyclic) bond motifs is 3. The first kappa shape index (κ1) is 26.5. The molecule has 0 fully saturated rings. The van der Waals surface area contributed by atoms with Crippen molar-refractivity contribution in [3.8, 4) is 11.1 Å². The molecule has 1 nitrogen and oxygen atoms in total. The van der Waals surface area contributed by atoms with Gasteiger partial charge in [-0.1, -0.05) is 114 Å². The van der Waals surface area contributed by atoms with E-state index >= 15 is 4.39 Å². The van der Waals surface area contributed by atoms with Gasteiger partial charge in [0.2, 0.25) is 0 Å². The van der Waals surface area contributed by atoms with Crippen LogP contribution in [-0.4, -0.2) is 0 Å². The maximum atomic E-state index is 15.3. The van der Waals surface area contributed by atoms with E-state index in [1.807, 2.05) is 12.1 Å². The van der Waals surface area contributed by atoms with Gasteiger partial charge in [-0.25, -0.2) is 4.39 Å². The lowest BCUT2D eigenvalue weighted by molar-refractivity contribution is 0.535. The van der Waals surface area contributed by atoms with Gasteiger partial charge in [0, 0.05) is 10.8 Å². The topological polar surface area (TPSA) is 13.1 Å². The van der Waals surface area contributed by atoms with E-state index < -0.39 is 0 Å². The van der Waals surface area contributed by atoms with Crippen molar-refractivity contribution < 1.29 is 8.81 Å². The zero-order valence-electron chi connectivity index (χ0n) is 21.9. The molecular formula is C33H39FOS. The van der Waals surface area contributed by atoms with Crippen molar-refractivity contribution in [1.82, 2.24) is 0 Å². The molecule has 36 heavy (non-hydrogen) atoms. The Morgan fingerprint density at radius 3 is 2.00 bits per heavy atom. The number of aryl methyl sites for hydroxylation is 2. The molecule has 1 heterocycles. The molecule has 0 bridgehead atoms. The Labute approximate surface area is 220 Å². The van der Waals surface area contributed by atoms with Crippen LogP contribution >= 0.6 is 12.2 Å². The highest BCUT2D eigenvalue weighted by molar-refractivity contribution is 7.71. The van der Waals surface area contributed by atoms with Crippen LogP contribution in [0.2, 0.25) is 0 Å². The summed E-state index contributed by atoms with van der Waals surface area (Å²) in [7, 11) is 0. The smallest absolute Gasteiger partial charge is 0.198 e. The summed E-state index contributed by atoms with van der Waals surface area (Å²) in [6.45, 7) is 4.44. The van der Waals surface area contributed by atoms with Crippen LogP contribution in [0, 0.1) is 10.5 Å². The average Bonchev–Trinajstić information content (AvgIpc) is 2.90. The number of benzene rings is 3. The summed E-state index contributed by atoms with van der Waals surface area (Å²) in [5.41, 5.74) is 4.65. The largest absolute Gasteiger partial charge is 0.441 e. The lowest BCUT2D eigenvalue weighted by Gasteiger charge is -2.10. The number of hydrogen-bond acceptors (Lipinski definition) is 2. The molecule has 0 spiro atoms. The molecule has 190 valence electrons. The fraction of sp³-hybridized carbons (Fsp3) is 0.424. The van der Waals surface area contributed by atoms with Crippen molar-refractivity contribution >= 4 is 34.0 Å². The Bertz CT molecular complexity index is 1340. The number of hydrogen-bond donors (Lipinski definition) is 0. The van der Waals surface area contributed by atoms with Gasteiger partial charge in [-0.2, -0.15) is 0 Å². The zero-order chi connectivity index (χ0) is 25.3. The van der Waals surface area contributed by atoms with Crippen molar-refractivity contribution in [3.05, 3.63) is 76.2 Å². The van der Waals surface area contributed by atoms with E-state index in [9.17, 15) is 0 Å². The van der Waals surface area contributed by atoms with E-state index in [1.54, 1.807) is 0 Å². The first-order valence-corrected chi connectivity index (χ1v) is 14.3. The van der Waals surface area contributed by atoms with Gasteiger partial charge in [-0.3, -0.25) is 0 Å². The highest BCUT2D eigenvalue weighted by atomic mass is 32.1. The van der Waals surface area contributed by atoms with Gasteiger partial charge in [0.15, 0.2) is 16.1 Å². The molecule has 3 aromatic carbocycles. The van der Waals surface area contributed by atoms with Crippen LogP contribution in [0.5, 0.6) is 0 Å². The second-order valence-corrected chi connectivity index (χ2v) is 10.5. The average molecular weight is 503 g/mol. The third-order valence-electron chi connectivity index (χ3n) is 7.31. The van der Waals surface area contributed by atoms with Crippen LogP contribution in [0.15, 0.2) is 59.0 Å². The fourth-order valence-corrected chi connectivity index (χ4v) is 5.34. The van der Waals surface area contributed by atoms with E-state index in [2.05, 4.69) is 56.3 Å². The molecule has 3 heteroatoms. The molecule has 4 rings (SSSR count). The van der Waals surface area contributed by atoms with Crippen LogP contribution in [0.1, 0.15) is 89.2 Å². The Morgan fingerprint density at radius 1 is 0.639 bits per heavy atom. The normalized spacial score (nSPS) is 11.5. The molecular weight excluding hydrogens is 463 g/mol. The Hall–Kier alpha value is -2.52. The fourth-order valence-electron chi connectivity index (χ4n) is 5.09. The standard InChI is InChI=1S/C33H39FOS/c1-3-5-7-9-10-11-13-24-15-17-25(18-16-24)27-20-21-28-29-22-19-26(14-12-8-6-4-2)31(34)32(29)35-33(36)30(28)23-27/h15-23H,3-14H2,1-2H3. The van der Waals surface area contributed by atoms with E-state index in [1.165, 1.54) is 56.9 Å². The zero-order valence-corrected chi connectivity index (χ0v) is 22.7. The minimum absolute atomic E-state index is 0.262. The van der Waals surface area contributed by atoms with E-state index in [-0.39, 0.29) is 11.4 Å². The van der Waals surface area contributed by atoms with E-state index in [0.29, 0.717) is 10.3 Å². The summed E-state index contributed by atoms with van der Waals surface area (Å²) >= 11 is 5.59. The summed E-state index contributed by atoms with van der Waals surface area (Å²) in [5.74, 6) is -0.262. The molecule has 4 aromatic rings. The number of rotatable bonds is 13. The lowest BCUT2D eigenvalue weighted by Crippen LogP contribution is -1.94. The molecule has 0 saturated carbocycles. The monoisotopic (exact) mass is 502 g/mol. The Morgan fingerprint density at radius 2 is 1.25 bits per heavy atom. The third kappa shape index (κ3) is 6.42. The maximum Gasteiger partial charge on any atom is 0.198 e. The summed E-state index contributed by atoms with van der Waals surface area (Å²) in [5, 5.41) is 2.59. The van der Waals surface area contributed by atoms with E-state index in [0.717, 1.165) is 53.0 Å². The SMILES string of the molecule is CCCCCCCCc1ccc(-c2ccc3c(c2)c(=S)oc2c(F)c(CCCCCC)ccc23)cc1. The van der Waals surface area contributed by atoms with Gasteiger partial charge in [-0.05, 0) is 71.6 Å². The molecule has 0 radical (unpaired) electrons. The van der Waals surface area contributed by atoms with Gasteiger partial charge in [-0.15, -0.1) is 0 Å². The first-order valence-electron chi connectivity index (χ1n) is 13.9. The van der Waals surface area contributed by atoms with Gasteiger partial charge in [0.25, 0.3) is 0 Å². The van der Waals surface area contributed by atoms with E-state index in [4.69, 9.17) is 16.6 Å². The Kier molecular flexibility index (Phi) is 9.69. The second kappa shape index (κ2) is 13.1. The predicted octanol–water partition coefficient (Wildman–Crippen LogP) is 11.1. The van der Waals surface area contributed by atoms with Gasteiger partial charge in [0.05, 0.1) is 0 Å². The summed E-state index contributed by atoms with van der Waals surface area (Å²) in [4.78, 5) is 0. The van der Waals surface area contributed by atoms with Gasteiger partial charge < -0.3 is 4.42 Å². The van der Waals surface area contributed by atoms with Gasteiger partial charge >= 0.3 is 0 Å². The summed E-state index contributed by atoms with van der Waals surface area (Å²) in [6, 6.07) is 19.0. The minimum Gasteiger partial charge on any atom is -0.441 e. The Balaban J connectivity index is 1.52. The third-order valence-corrected chi connectivity index (χ3v) is 7.61. The van der Waals surface area contributed by atoms with Crippen LogP contribution in [-0.2, 0) is 12.8 Å². The molecule has 0 aliphatic heterocycles. The van der Waals surface area contributed by atoms with Crippen LogP contribution in [0.25, 0.3) is 32.9 Å². The second-order valence-electron chi connectivity index (χ2n) is 10.1. The van der Waals surface area contributed by atoms with Gasteiger partial charge in [0.1, 0.15) is 0 Å². The summed E-state index contributed by atoms with van der Waals surface area (Å²) < 4.78 is 21.5. The molecule has 1 aromatic heterocycles. The van der Waals surface area contributed by atoms with Crippen molar-refractivity contribution in [2.75, 3.05) is 0 Å². The van der Waals surface area contributed by atoms with Crippen molar-refractivity contribution in [2.45, 2.75) is 90.9 Å². The molecule has 0 aliphatic carbocycles. The highest BCUT2D eigenvalue weighted by Crippen LogP contribution is 2.33. The van der Waals surface area contributed by atoms with Crippen LogP contribution in [0.4, 0.5) is 4.39 Å².